The van der Waals surface area contributed by atoms with E-state index in [4.69, 9.17) is 10.4 Å². The third-order valence-electron chi connectivity index (χ3n) is 2.44. The molecule has 0 saturated carbocycles. The van der Waals surface area contributed by atoms with Crippen LogP contribution in [0.1, 0.15) is 5.56 Å². The second kappa shape index (κ2) is 6.21. The summed E-state index contributed by atoms with van der Waals surface area (Å²) in [4.78, 5) is 22.3. The monoisotopic (exact) mass is 285 g/mol. The molecule has 0 aliphatic rings. The summed E-state index contributed by atoms with van der Waals surface area (Å²) in [6, 6.07) is 7.92. The van der Waals surface area contributed by atoms with Gasteiger partial charge in [-0.25, -0.2) is 4.79 Å². The fourth-order valence-corrected chi connectivity index (χ4v) is 1.61. The molecule has 106 valence electrons. The van der Waals surface area contributed by atoms with Crippen molar-refractivity contribution >= 4 is 23.4 Å². The van der Waals surface area contributed by atoms with Gasteiger partial charge in [0.2, 0.25) is 0 Å². The molecule has 3 N–H and O–H groups in total. The zero-order valence-electron chi connectivity index (χ0n) is 10.8. The summed E-state index contributed by atoms with van der Waals surface area (Å²) in [5, 5.41) is 26.3. The number of rotatable bonds is 4. The third kappa shape index (κ3) is 4.07. The molecule has 0 radical (unpaired) electrons. The Hall–Kier alpha value is -3.34. The molecule has 0 fully saturated rings. The van der Waals surface area contributed by atoms with Crippen molar-refractivity contribution in [3.05, 3.63) is 42.2 Å². The van der Waals surface area contributed by atoms with Gasteiger partial charge in [-0.3, -0.25) is 9.48 Å². The van der Waals surface area contributed by atoms with E-state index in [1.165, 1.54) is 23.1 Å². The van der Waals surface area contributed by atoms with Crippen LogP contribution in [0.2, 0.25) is 0 Å². The number of carboxylic acid groups (broad SMARTS) is 1. The van der Waals surface area contributed by atoms with Crippen molar-refractivity contribution in [2.75, 3.05) is 10.6 Å². The number of aliphatic carboxylic acids is 1. The molecule has 2 rings (SSSR count). The van der Waals surface area contributed by atoms with E-state index in [1.54, 1.807) is 18.2 Å². The number of aromatic nitrogens is 2. The van der Waals surface area contributed by atoms with Crippen molar-refractivity contribution in [1.82, 2.24) is 9.78 Å². The van der Waals surface area contributed by atoms with Gasteiger partial charge < -0.3 is 15.7 Å². The summed E-state index contributed by atoms with van der Waals surface area (Å²) < 4.78 is 1.19. The average molecular weight is 285 g/mol. The van der Waals surface area contributed by atoms with Gasteiger partial charge in [-0.2, -0.15) is 10.4 Å². The van der Waals surface area contributed by atoms with Crippen LogP contribution in [0, 0.1) is 11.3 Å². The standard InChI is InChI=1S/C13H11N5O3/c14-5-9-2-1-3-10(4-9)16-13(21)17-11-6-15-18(7-11)8-12(19)20/h1-4,6-7H,8H2,(H,19,20)(H2,16,17,21). The van der Waals surface area contributed by atoms with Gasteiger partial charge in [0, 0.05) is 11.9 Å². The molecule has 8 nitrogen and oxygen atoms in total. The normalized spacial score (nSPS) is 9.67. The van der Waals surface area contributed by atoms with Gasteiger partial charge in [0.1, 0.15) is 6.54 Å². The van der Waals surface area contributed by atoms with Crippen LogP contribution in [0.15, 0.2) is 36.7 Å². The maximum Gasteiger partial charge on any atom is 0.325 e. The Morgan fingerprint density at radius 3 is 2.81 bits per heavy atom. The Morgan fingerprint density at radius 2 is 2.10 bits per heavy atom. The Balaban J connectivity index is 1.96. The van der Waals surface area contributed by atoms with Gasteiger partial charge in [-0.15, -0.1) is 0 Å². The number of hydrogen-bond donors (Lipinski definition) is 3. The number of nitrogens with zero attached hydrogens (tertiary/aromatic N) is 3. The molecule has 2 amide bonds. The highest BCUT2D eigenvalue weighted by Crippen LogP contribution is 2.11. The number of amides is 2. The zero-order valence-corrected chi connectivity index (χ0v) is 10.8. The molecule has 2 aromatic rings. The Bertz CT molecular complexity index is 717. The minimum Gasteiger partial charge on any atom is -0.480 e. The van der Waals surface area contributed by atoms with Crippen LogP contribution in [0.4, 0.5) is 16.2 Å². The average Bonchev–Trinajstić information content (AvgIpc) is 2.85. The van der Waals surface area contributed by atoms with Crippen molar-refractivity contribution in [3.63, 3.8) is 0 Å². The number of nitrogens with one attached hydrogen (secondary N) is 2. The van der Waals surface area contributed by atoms with Crippen molar-refractivity contribution in [2.45, 2.75) is 6.54 Å². The second-order valence-corrected chi connectivity index (χ2v) is 4.09. The quantitative estimate of drug-likeness (QED) is 0.785. The lowest BCUT2D eigenvalue weighted by Crippen LogP contribution is -2.19. The summed E-state index contributed by atoms with van der Waals surface area (Å²) in [6.45, 7) is -0.284. The predicted octanol–water partition coefficient (Wildman–Crippen LogP) is 1.48. The molecule has 0 unspecified atom stereocenters. The molecule has 21 heavy (non-hydrogen) atoms. The van der Waals surface area contributed by atoms with Crippen molar-refractivity contribution < 1.29 is 14.7 Å². The Labute approximate surface area is 119 Å². The molecule has 8 heteroatoms. The summed E-state index contributed by atoms with van der Waals surface area (Å²) >= 11 is 0. The fraction of sp³-hybridized carbons (Fsp3) is 0.0769. The van der Waals surface area contributed by atoms with Crippen LogP contribution >= 0.6 is 0 Å². The summed E-state index contributed by atoms with van der Waals surface area (Å²) in [5.41, 5.74) is 1.27. The van der Waals surface area contributed by atoms with Gasteiger partial charge in [-0.05, 0) is 18.2 Å². The lowest BCUT2D eigenvalue weighted by Gasteiger charge is -2.05. The maximum absolute atomic E-state index is 11.8. The number of hydrogen-bond acceptors (Lipinski definition) is 4. The topological polar surface area (TPSA) is 120 Å². The van der Waals surface area contributed by atoms with E-state index >= 15 is 0 Å². The van der Waals surface area contributed by atoms with Gasteiger partial charge >= 0.3 is 12.0 Å². The van der Waals surface area contributed by atoms with Crippen LogP contribution in [0.25, 0.3) is 0 Å². The highest BCUT2D eigenvalue weighted by molar-refractivity contribution is 5.99. The SMILES string of the molecule is N#Cc1cccc(NC(=O)Nc2cnn(CC(=O)O)c2)c1. The predicted molar refractivity (Wildman–Crippen MR) is 73.7 cm³/mol. The van der Waals surface area contributed by atoms with E-state index in [1.807, 2.05) is 6.07 Å². The number of benzene rings is 1. The lowest BCUT2D eigenvalue weighted by molar-refractivity contribution is -0.137. The summed E-state index contributed by atoms with van der Waals surface area (Å²) in [5.74, 6) is -1.03. The number of carboxylic acids is 1. The first-order valence-corrected chi connectivity index (χ1v) is 5.89. The highest BCUT2D eigenvalue weighted by atomic mass is 16.4. The number of carbonyl (C=O) groups is 2. The number of carbonyl (C=O) groups excluding carboxylic acids is 1. The fourth-order valence-electron chi connectivity index (χ4n) is 1.61. The molecule has 0 saturated heterocycles. The Kier molecular flexibility index (Phi) is 4.16. The molecular weight excluding hydrogens is 274 g/mol. The van der Waals surface area contributed by atoms with E-state index in [0.29, 0.717) is 16.9 Å². The smallest absolute Gasteiger partial charge is 0.325 e. The van der Waals surface area contributed by atoms with E-state index in [9.17, 15) is 9.59 Å². The molecule has 0 atom stereocenters. The molecule has 1 aromatic carbocycles. The van der Waals surface area contributed by atoms with Crippen LogP contribution in [-0.2, 0) is 11.3 Å². The molecule has 0 spiro atoms. The van der Waals surface area contributed by atoms with Gasteiger partial charge in [0.25, 0.3) is 0 Å². The molecule has 0 aliphatic carbocycles. The largest absolute Gasteiger partial charge is 0.480 e. The molecule has 1 aromatic heterocycles. The first-order valence-electron chi connectivity index (χ1n) is 5.89. The van der Waals surface area contributed by atoms with E-state index < -0.39 is 12.0 Å². The first-order chi connectivity index (χ1) is 10.1. The molecule has 1 heterocycles. The van der Waals surface area contributed by atoms with Crippen molar-refractivity contribution in [1.29, 1.82) is 5.26 Å². The number of urea groups is 1. The number of anilines is 2. The zero-order chi connectivity index (χ0) is 15.2. The van der Waals surface area contributed by atoms with Crippen LogP contribution in [0.5, 0.6) is 0 Å². The minimum atomic E-state index is -1.03. The van der Waals surface area contributed by atoms with Gasteiger partial charge in [-0.1, -0.05) is 6.07 Å². The lowest BCUT2D eigenvalue weighted by atomic mass is 10.2. The van der Waals surface area contributed by atoms with Crippen molar-refractivity contribution in [3.8, 4) is 6.07 Å². The molecule has 0 aliphatic heterocycles. The summed E-state index contributed by atoms with van der Waals surface area (Å²) in [7, 11) is 0. The number of nitriles is 1. The minimum absolute atomic E-state index is 0.284. The first kappa shape index (κ1) is 14.1. The second-order valence-electron chi connectivity index (χ2n) is 4.09. The van der Waals surface area contributed by atoms with Gasteiger partial charge in [0.05, 0.1) is 23.5 Å². The van der Waals surface area contributed by atoms with E-state index in [2.05, 4.69) is 15.7 Å². The van der Waals surface area contributed by atoms with Gasteiger partial charge in [0.15, 0.2) is 0 Å². The molecular formula is C13H11N5O3. The van der Waals surface area contributed by atoms with Crippen LogP contribution in [-0.4, -0.2) is 26.9 Å². The van der Waals surface area contributed by atoms with Crippen LogP contribution in [0.3, 0.4) is 0 Å². The summed E-state index contributed by atoms with van der Waals surface area (Å²) in [6.07, 6.45) is 2.74. The highest BCUT2D eigenvalue weighted by Gasteiger charge is 2.06. The Morgan fingerprint density at radius 1 is 1.33 bits per heavy atom. The van der Waals surface area contributed by atoms with Crippen molar-refractivity contribution in [2.24, 2.45) is 0 Å². The molecule has 0 bridgehead atoms. The third-order valence-corrected chi connectivity index (χ3v) is 2.44. The van der Waals surface area contributed by atoms with E-state index in [0.717, 1.165) is 0 Å². The maximum atomic E-state index is 11.8. The van der Waals surface area contributed by atoms with E-state index in [-0.39, 0.29) is 6.54 Å². The van der Waals surface area contributed by atoms with Crippen LogP contribution < -0.4 is 10.6 Å².